The molecule has 0 bridgehead atoms. The number of anilines is 2. The van der Waals surface area contributed by atoms with Crippen LogP contribution in [0, 0.1) is 12.7 Å². The second kappa shape index (κ2) is 7.57. The van der Waals surface area contributed by atoms with Gasteiger partial charge >= 0.3 is 0 Å². The summed E-state index contributed by atoms with van der Waals surface area (Å²) in [6, 6.07) is 16.1. The summed E-state index contributed by atoms with van der Waals surface area (Å²) in [6.07, 6.45) is 0.731. The minimum Gasteiger partial charge on any atom is -0.324 e. The molecule has 1 amide bonds. The van der Waals surface area contributed by atoms with E-state index in [1.54, 1.807) is 18.2 Å². The molecule has 4 rings (SSSR count). The topological polar surface area (TPSA) is 66.5 Å². The Morgan fingerprint density at radius 1 is 1.03 bits per heavy atom. The highest BCUT2D eigenvalue weighted by atomic mass is 32.2. The molecule has 0 spiro atoms. The Morgan fingerprint density at radius 2 is 1.80 bits per heavy atom. The molecule has 0 unspecified atom stereocenters. The van der Waals surface area contributed by atoms with Gasteiger partial charge in [-0.25, -0.2) is 12.8 Å². The Morgan fingerprint density at radius 3 is 2.57 bits per heavy atom. The van der Waals surface area contributed by atoms with Crippen LogP contribution in [0.5, 0.6) is 0 Å². The van der Waals surface area contributed by atoms with Crippen molar-refractivity contribution >= 4 is 27.3 Å². The first kappa shape index (κ1) is 20.1. The number of nitrogens with zero attached hydrogens (tertiary/aromatic N) is 1. The normalized spacial score (nSPS) is 14.0. The van der Waals surface area contributed by atoms with Crippen molar-refractivity contribution in [2.45, 2.75) is 25.2 Å². The largest absolute Gasteiger partial charge is 0.324 e. The highest BCUT2D eigenvalue weighted by Gasteiger charge is 2.36. The number of rotatable bonds is 4. The van der Waals surface area contributed by atoms with E-state index in [1.807, 2.05) is 32.0 Å². The van der Waals surface area contributed by atoms with Crippen LogP contribution in [0.25, 0.3) is 11.1 Å². The maximum absolute atomic E-state index is 13.9. The fourth-order valence-electron chi connectivity index (χ4n) is 3.79. The molecular formula is C23H21FN2O3S. The van der Waals surface area contributed by atoms with Gasteiger partial charge < -0.3 is 5.32 Å². The van der Waals surface area contributed by atoms with E-state index in [-0.39, 0.29) is 10.6 Å². The molecule has 3 aromatic rings. The standard InChI is InChI=1S/C23H21FN2O3S/c1-3-16-8-6-7-15(2)23(16)25-22(27)14-26-20-12-11-17(24)13-19(20)18-9-4-5-10-21(18)30(26,28)29/h4-13H,3,14H2,1-2H3,(H,25,27). The second-order valence-corrected chi connectivity index (χ2v) is 9.01. The maximum Gasteiger partial charge on any atom is 0.265 e. The summed E-state index contributed by atoms with van der Waals surface area (Å²) in [7, 11) is -3.97. The lowest BCUT2D eigenvalue weighted by Crippen LogP contribution is -2.40. The van der Waals surface area contributed by atoms with E-state index < -0.39 is 28.3 Å². The lowest BCUT2D eigenvalue weighted by Gasteiger charge is -2.31. The van der Waals surface area contributed by atoms with Crippen LogP contribution in [0.2, 0.25) is 0 Å². The van der Waals surface area contributed by atoms with Crippen molar-refractivity contribution in [1.29, 1.82) is 0 Å². The molecule has 0 aromatic heterocycles. The predicted molar refractivity (Wildman–Crippen MR) is 116 cm³/mol. The summed E-state index contributed by atoms with van der Waals surface area (Å²) in [4.78, 5) is 12.9. The first-order chi connectivity index (χ1) is 14.3. The fourth-order valence-corrected chi connectivity index (χ4v) is 5.43. The summed E-state index contributed by atoms with van der Waals surface area (Å²) >= 11 is 0. The first-order valence-corrected chi connectivity index (χ1v) is 11.1. The summed E-state index contributed by atoms with van der Waals surface area (Å²) in [5.41, 5.74) is 3.72. The van der Waals surface area contributed by atoms with Crippen molar-refractivity contribution in [3.8, 4) is 11.1 Å². The number of benzene rings is 3. The van der Waals surface area contributed by atoms with Gasteiger partial charge in [-0.15, -0.1) is 0 Å². The number of amides is 1. The Hall–Kier alpha value is -3.19. The third kappa shape index (κ3) is 3.35. The molecule has 0 saturated carbocycles. The quantitative estimate of drug-likeness (QED) is 0.670. The third-order valence-electron chi connectivity index (χ3n) is 5.26. The molecule has 0 radical (unpaired) electrons. The van der Waals surface area contributed by atoms with Crippen molar-refractivity contribution in [3.05, 3.63) is 77.6 Å². The van der Waals surface area contributed by atoms with Gasteiger partial charge in [-0.2, -0.15) is 0 Å². The van der Waals surface area contributed by atoms with E-state index in [9.17, 15) is 17.6 Å². The van der Waals surface area contributed by atoms with E-state index in [0.717, 1.165) is 21.9 Å². The van der Waals surface area contributed by atoms with Crippen molar-refractivity contribution in [2.24, 2.45) is 0 Å². The highest BCUT2D eigenvalue weighted by molar-refractivity contribution is 7.93. The Balaban J connectivity index is 1.74. The van der Waals surface area contributed by atoms with Crippen LogP contribution in [0.1, 0.15) is 18.1 Å². The second-order valence-electron chi connectivity index (χ2n) is 7.18. The molecule has 5 nitrogen and oxygen atoms in total. The number of aryl methyl sites for hydroxylation is 2. The lowest BCUT2D eigenvalue weighted by atomic mass is 10.0. The van der Waals surface area contributed by atoms with Crippen molar-refractivity contribution in [1.82, 2.24) is 0 Å². The Labute approximate surface area is 175 Å². The van der Waals surface area contributed by atoms with Gasteiger partial charge in [0.05, 0.1) is 10.6 Å². The molecule has 154 valence electrons. The van der Waals surface area contributed by atoms with Crippen LogP contribution in [0.4, 0.5) is 15.8 Å². The van der Waals surface area contributed by atoms with E-state index in [1.165, 1.54) is 24.3 Å². The molecule has 1 heterocycles. The number of hydrogen-bond acceptors (Lipinski definition) is 3. The summed E-state index contributed by atoms with van der Waals surface area (Å²) in [6.45, 7) is 3.47. The SMILES string of the molecule is CCc1cccc(C)c1NC(=O)CN1c2ccc(F)cc2-c2ccccc2S1(=O)=O. The van der Waals surface area contributed by atoms with Crippen LogP contribution in [-0.2, 0) is 21.2 Å². The van der Waals surface area contributed by atoms with Gasteiger partial charge in [0.1, 0.15) is 12.4 Å². The first-order valence-electron chi connectivity index (χ1n) is 9.63. The average Bonchev–Trinajstić information content (AvgIpc) is 2.73. The number of carbonyl (C=O) groups is 1. The molecule has 1 aliphatic heterocycles. The molecule has 30 heavy (non-hydrogen) atoms. The summed E-state index contributed by atoms with van der Waals surface area (Å²) in [5.74, 6) is -0.933. The number of sulfonamides is 1. The molecule has 0 fully saturated rings. The summed E-state index contributed by atoms with van der Waals surface area (Å²) in [5, 5.41) is 2.86. The number of para-hydroxylation sites is 1. The van der Waals surface area contributed by atoms with Gasteiger partial charge in [-0.1, -0.05) is 43.3 Å². The van der Waals surface area contributed by atoms with Gasteiger partial charge in [0, 0.05) is 16.8 Å². The van der Waals surface area contributed by atoms with Crippen LogP contribution >= 0.6 is 0 Å². The Bertz CT molecular complexity index is 1260. The zero-order valence-electron chi connectivity index (χ0n) is 16.6. The van der Waals surface area contributed by atoms with Crippen molar-refractivity contribution < 1.29 is 17.6 Å². The maximum atomic E-state index is 13.9. The third-order valence-corrected chi connectivity index (χ3v) is 7.08. The van der Waals surface area contributed by atoms with Crippen LogP contribution in [0.15, 0.2) is 65.6 Å². The van der Waals surface area contributed by atoms with E-state index in [0.29, 0.717) is 16.8 Å². The average molecular weight is 424 g/mol. The predicted octanol–water partition coefficient (Wildman–Crippen LogP) is 4.51. The molecule has 0 saturated heterocycles. The van der Waals surface area contributed by atoms with E-state index >= 15 is 0 Å². The summed E-state index contributed by atoms with van der Waals surface area (Å²) < 4.78 is 41.5. The van der Waals surface area contributed by atoms with Gasteiger partial charge in [0.15, 0.2) is 0 Å². The Kier molecular flexibility index (Phi) is 5.07. The highest BCUT2D eigenvalue weighted by Crippen LogP contribution is 2.43. The smallest absolute Gasteiger partial charge is 0.265 e. The number of halogens is 1. The van der Waals surface area contributed by atoms with Crippen molar-refractivity contribution in [3.63, 3.8) is 0 Å². The number of hydrogen-bond donors (Lipinski definition) is 1. The minimum absolute atomic E-state index is 0.0565. The monoisotopic (exact) mass is 424 g/mol. The van der Waals surface area contributed by atoms with Crippen LogP contribution < -0.4 is 9.62 Å². The minimum atomic E-state index is -3.97. The van der Waals surface area contributed by atoms with E-state index in [4.69, 9.17) is 0 Å². The van der Waals surface area contributed by atoms with Crippen LogP contribution in [0.3, 0.4) is 0 Å². The van der Waals surface area contributed by atoms with Crippen LogP contribution in [-0.4, -0.2) is 20.9 Å². The van der Waals surface area contributed by atoms with Gasteiger partial charge in [-0.05, 0) is 48.7 Å². The van der Waals surface area contributed by atoms with Gasteiger partial charge in [-0.3, -0.25) is 9.10 Å². The lowest BCUT2D eigenvalue weighted by molar-refractivity contribution is -0.114. The van der Waals surface area contributed by atoms with E-state index in [2.05, 4.69) is 5.32 Å². The molecule has 1 aliphatic rings. The zero-order chi connectivity index (χ0) is 21.5. The number of nitrogens with one attached hydrogen (secondary N) is 1. The molecule has 1 N–H and O–H groups in total. The molecule has 0 aliphatic carbocycles. The number of fused-ring (bicyclic) bond motifs is 3. The molecule has 0 atom stereocenters. The molecular weight excluding hydrogens is 403 g/mol. The number of carbonyl (C=O) groups excluding carboxylic acids is 1. The van der Waals surface area contributed by atoms with Gasteiger partial charge in [0.25, 0.3) is 10.0 Å². The van der Waals surface area contributed by atoms with Gasteiger partial charge in [0.2, 0.25) is 5.91 Å². The van der Waals surface area contributed by atoms with Crippen molar-refractivity contribution in [2.75, 3.05) is 16.2 Å². The molecule has 3 aromatic carbocycles. The molecule has 7 heteroatoms. The fraction of sp³-hybridized carbons (Fsp3) is 0.174. The zero-order valence-corrected chi connectivity index (χ0v) is 17.5.